The molecule has 1 saturated heterocycles. The fourth-order valence-corrected chi connectivity index (χ4v) is 2.56. The Morgan fingerprint density at radius 2 is 2.16 bits per heavy atom. The van der Waals surface area contributed by atoms with E-state index in [1.807, 2.05) is 6.92 Å². The van der Waals surface area contributed by atoms with Gasteiger partial charge in [-0.2, -0.15) is 0 Å². The van der Waals surface area contributed by atoms with Gasteiger partial charge in [0.05, 0.1) is 21.9 Å². The molecule has 1 aliphatic rings. The number of carbonyl (C=O) groups is 1. The summed E-state index contributed by atoms with van der Waals surface area (Å²) in [4.78, 5) is 14.2. The summed E-state index contributed by atoms with van der Waals surface area (Å²) in [6, 6.07) is 5.08. The maximum absolute atomic E-state index is 12.4. The van der Waals surface area contributed by atoms with Crippen molar-refractivity contribution in [3.63, 3.8) is 0 Å². The number of hydrogen-bond acceptors (Lipinski definition) is 3. The van der Waals surface area contributed by atoms with E-state index in [0.717, 1.165) is 6.42 Å². The molecular weight excluding hydrogens is 264 g/mol. The SMILES string of the molecule is CC1(O)CCCN(C(=O)c2cccc(N)c2Cl)CC1. The first-order valence-electron chi connectivity index (χ1n) is 6.46. The average molecular weight is 283 g/mol. The second kappa shape index (κ2) is 5.39. The third-order valence-electron chi connectivity index (χ3n) is 3.61. The molecule has 2 rings (SSSR count). The Morgan fingerprint density at radius 1 is 1.42 bits per heavy atom. The number of carbonyl (C=O) groups excluding carboxylic acids is 1. The molecule has 19 heavy (non-hydrogen) atoms. The van der Waals surface area contributed by atoms with Crippen LogP contribution in [0.4, 0.5) is 5.69 Å². The first kappa shape index (κ1) is 14.2. The Kier molecular flexibility index (Phi) is 4.02. The van der Waals surface area contributed by atoms with Crippen molar-refractivity contribution in [3.05, 3.63) is 28.8 Å². The molecule has 1 aliphatic heterocycles. The van der Waals surface area contributed by atoms with Crippen molar-refractivity contribution >= 4 is 23.2 Å². The van der Waals surface area contributed by atoms with Crippen molar-refractivity contribution < 1.29 is 9.90 Å². The molecule has 1 atom stereocenters. The summed E-state index contributed by atoms with van der Waals surface area (Å²) in [7, 11) is 0. The maximum atomic E-state index is 12.4. The summed E-state index contributed by atoms with van der Waals surface area (Å²) in [6.07, 6.45) is 2.08. The van der Waals surface area contributed by atoms with Gasteiger partial charge in [0, 0.05) is 13.1 Å². The van der Waals surface area contributed by atoms with Crippen LogP contribution in [0.1, 0.15) is 36.5 Å². The van der Waals surface area contributed by atoms with Gasteiger partial charge in [-0.25, -0.2) is 0 Å². The molecule has 1 unspecified atom stereocenters. The van der Waals surface area contributed by atoms with Gasteiger partial charge in [-0.05, 0) is 38.3 Å². The number of nitrogens with two attached hydrogens (primary N) is 1. The highest BCUT2D eigenvalue weighted by molar-refractivity contribution is 6.36. The lowest BCUT2D eigenvalue weighted by Crippen LogP contribution is -2.33. The zero-order valence-corrected chi connectivity index (χ0v) is 11.8. The van der Waals surface area contributed by atoms with E-state index in [-0.39, 0.29) is 5.91 Å². The highest BCUT2D eigenvalue weighted by atomic mass is 35.5. The van der Waals surface area contributed by atoms with Crippen LogP contribution in [0.15, 0.2) is 18.2 Å². The fraction of sp³-hybridized carbons (Fsp3) is 0.500. The molecule has 0 aromatic heterocycles. The number of rotatable bonds is 1. The van der Waals surface area contributed by atoms with E-state index in [1.165, 1.54) is 0 Å². The predicted octanol–water partition coefficient (Wildman–Crippen LogP) is 2.30. The van der Waals surface area contributed by atoms with Crippen molar-refractivity contribution in [1.82, 2.24) is 4.90 Å². The van der Waals surface area contributed by atoms with E-state index in [9.17, 15) is 9.90 Å². The number of benzene rings is 1. The highest BCUT2D eigenvalue weighted by Gasteiger charge is 2.28. The van der Waals surface area contributed by atoms with E-state index in [4.69, 9.17) is 17.3 Å². The molecule has 0 bridgehead atoms. The molecule has 0 aliphatic carbocycles. The average Bonchev–Trinajstić information content (AvgIpc) is 2.53. The first-order chi connectivity index (χ1) is 8.91. The van der Waals surface area contributed by atoms with E-state index in [1.54, 1.807) is 23.1 Å². The van der Waals surface area contributed by atoms with Crippen molar-refractivity contribution in [3.8, 4) is 0 Å². The topological polar surface area (TPSA) is 66.6 Å². The molecule has 0 radical (unpaired) electrons. The number of nitrogens with zero attached hydrogens (tertiary/aromatic N) is 1. The summed E-state index contributed by atoms with van der Waals surface area (Å²) in [5, 5.41) is 10.3. The van der Waals surface area contributed by atoms with Crippen molar-refractivity contribution in [2.75, 3.05) is 18.8 Å². The summed E-state index contributed by atoms with van der Waals surface area (Å²) in [6.45, 7) is 2.99. The van der Waals surface area contributed by atoms with Gasteiger partial charge in [-0.3, -0.25) is 4.79 Å². The van der Waals surface area contributed by atoms with Crippen LogP contribution in [0.3, 0.4) is 0 Å². The normalized spacial score (nSPS) is 24.1. The molecule has 0 saturated carbocycles. The summed E-state index contributed by atoms with van der Waals surface area (Å²) in [5.41, 5.74) is 5.88. The Labute approximate surface area is 118 Å². The standard InChI is InChI=1S/C14H19ClN2O2/c1-14(19)6-3-8-17(9-7-14)13(18)10-4-2-5-11(16)12(10)15/h2,4-5,19H,3,6-9,16H2,1H3. The van der Waals surface area contributed by atoms with Crippen LogP contribution in [-0.2, 0) is 0 Å². The van der Waals surface area contributed by atoms with Crippen molar-refractivity contribution in [2.45, 2.75) is 31.8 Å². The second-order valence-electron chi connectivity index (χ2n) is 5.35. The van der Waals surface area contributed by atoms with Crippen LogP contribution in [0.25, 0.3) is 0 Å². The third kappa shape index (κ3) is 3.19. The van der Waals surface area contributed by atoms with E-state index in [2.05, 4.69) is 0 Å². The smallest absolute Gasteiger partial charge is 0.255 e. The van der Waals surface area contributed by atoms with Crippen molar-refractivity contribution in [2.24, 2.45) is 0 Å². The van der Waals surface area contributed by atoms with E-state index >= 15 is 0 Å². The van der Waals surface area contributed by atoms with Crippen LogP contribution in [0.5, 0.6) is 0 Å². The Hall–Kier alpha value is -1.26. The van der Waals surface area contributed by atoms with E-state index < -0.39 is 5.60 Å². The summed E-state index contributed by atoms with van der Waals surface area (Å²) >= 11 is 6.08. The van der Waals surface area contributed by atoms with Gasteiger partial charge in [0.1, 0.15) is 0 Å². The molecule has 4 nitrogen and oxygen atoms in total. The summed E-state index contributed by atoms with van der Waals surface area (Å²) < 4.78 is 0. The second-order valence-corrected chi connectivity index (χ2v) is 5.73. The molecule has 1 fully saturated rings. The van der Waals surface area contributed by atoms with Gasteiger partial charge < -0.3 is 15.7 Å². The quantitative estimate of drug-likeness (QED) is 0.777. The Balaban J connectivity index is 2.18. The van der Waals surface area contributed by atoms with Gasteiger partial charge >= 0.3 is 0 Å². The molecule has 3 N–H and O–H groups in total. The first-order valence-corrected chi connectivity index (χ1v) is 6.84. The van der Waals surface area contributed by atoms with Crippen molar-refractivity contribution in [1.29, 1.82) is 0 Å². The highest BCUT2D eigenvalue weighted by Crippen LogP contribution is 2.27. The van der Waals surface area contributed by atoms with Gasteiger partial charge in [-0.15, -0.1) is 0 Å². The third-order valence-corrected chi connectivity index (χ3v) is 4.03. The lowest BCUT2D eigenvalue weighted by Gasteiger charge is -2.23. The minimum Gasteiger partial charge on any atom is -0.398 e. The number of halogens is 1. The fourth-order valence-electron chi connectivity index (χ4n) is 2.35. The molecule has 1 amide bonds. The van der Waals surface area contributed by atoms with Crippen LogP contribution >= 0.6 is 11.6 Å². The zero-order valence-electron chi connectivity index (χ0n) is 11.0. The Bertz CT molecular complexity index is 488. The molecule has 104 valence electrons. The van der Waals surface area contributed by atoms with Crippen LogP contribution in [0.2, 0.25) is 5.02 Å². The number of likely N-dealkylation sites (tertiary alicyclic amines) is 1. The Morgan fingerprint density at radius 3 is 2.89 bits per heavy atom. The monoisotopic (exact) mass is 282 g/mol. The van der Waals surface area contributed by atoms with Gasteiger partial charge in [0.2, 0.25) is 0 Å². The molecular formula is C14H19ClN2O2. The molecule has 1 aromatic rings. The predicted molar refractivity (Wildman–Crippen MR) is 76.2 cm³/mol. The van der Waals surface area contributed by atoms with Crippen LogP contribution < -0.4 is 5.73 Å². The number of nitrogen functional groups attached to an aromatic ring is 1. The lowest BCUT2D eigenvalue weighted by atomic mass is 9.98. The van der Waals surface area contributed by atoms with Crippen LogP contribution in [0, 0.1) is 0 Å². The zero-order chi connectivity index (χ0) is 14.0. The molecule has 1 heterocycles. The lowest BCUT2D eigenvalue weighted by molar-refractivity contribution is 0.0438. The van der Waals surface area contributed by atoms with Gasteiger partial charge in [-0.1, -0.05) is 17.7 Å². The molecule has 1 aromatic carbocycles. The maximum Gasteiger partial charge on any atom is 0.255 e. The summed E-state index contributed by atoms with van der Waals surface area (Å²) in [5.74, 6) is -0.116. The van der Waals surface area contributed by atoms with Gasteiger partial charge in [0.15, 0.2) is 0 Å². The minimum absolute atomic E-state index is 0.116. The number of anilines is 1. The number of aliphatic hydroxyl groups is 1. The number of amides is 1. The van der Waals surface area contributed by atoms with Crippen LogP contribution in [-0.4, -0.2) is 34.6 Å². The van der Waals surface area contributed by atoms with E-state index in [0.29, 0.717) is 42.2 Å². The number of hydrogen-bond donors (Lipinski definition) is 2. The van der Waals surface area contributed by atoms with Gasteiger partial charge in [0.25, 0.3) is 5.91 Å². The molecule has 5 heteroatoms. The molecule has 0 spiro atoms. The minimum atomic E-state index is -0.686. The largest absolute Gasteiger partial charge is 0.398 e.